The predicted molar refractivity (Wildman–Crippen MR) is 54.8 cm³/mol. The smallest absolute Gasteiger partial charge is 0.134 e. The van der Waals surface area contributed by atoms with Crippen LogP contribution in [0.15, 0.2) is 18.2 Å². The molecule has 2 atom stereocenters. The number of aliphatic hydroxyl groups excluding tert-OH is 2. The lowest BCUT2D eigenvalue weighted by Crippen LogP contribution is -2.19. The van der Waals surface area contributed by atoms with Crippen LogP contribution in [0.2, 0.25) is 5.02 Å². The van der Waals surface area contributed by atoms with Crippen molar-refractivity contribution in [1.29, 1.82) is 0 Å². The summed E-state index contributed by atoms with van der Waals surface area (Å²) in [5.74, 6) is -0.136. The number of aliphatic hydroxyl groups is 2. The second kappa shape index (κ2) is 4.84. The van der Waals surface area contributed by atoms with Crippen LogP contribution in [-0.4, -0.2) is 27.3 Å². The van der Waals surface area contributed by atoms with Crippen molar-refractivity contribution in [3.05, 3.63) is 28.8 Å². The molecule has 0 saturated carbocycles. The monoisotopic (exact) mass is 236 g/mol. The van der Waals surface area contributed by atoms with Gasteiger partial charge in [-0.25, -0.2) is 0 Å². The number of benzene rings is 1. The first kappa shape index (κ1) is 11.6. The van der Waals surface area contributed by atoms with Crippen molar-refractivity contribution < 1.29 is 15.3 Å². The van der Waals surface area contributed by atoms with Crippen molar-refractivity contribution >= 4 is 23.2 Å². The van der Waals surface area contributed by atoms with Crippen LogP contribution in [0, 0.1) is 0 Å². The minimum absolute atomic E-state index is 0.0667. The third-order valence-corrected chi connectivity index (χ3v) is 2.45. The number of phenols is 1. The highest BCUT2D eigenvalue weighted by atomic mass is 35.5. The molecule has 0 bridgehead atoms. The van der Waals surface area contributed by atoms with Crippen LogP contribution in [0.5, 0.6) is 5.75 Å². The first-order valence-electron chi connectivity index (χ1n) is 3.96. The standard InChI is InChI=1S/C9H10Cl2O3/c10-4-8(13)9(14)5-1-2-7(12)6(11)3-5/h1-3,8-9,12-14H,4H2. The van der Waals surface area contributed by atoms with Gasteiger partial charge >= 0.3 is 0 Å². The van der Waals surface area contributed by atoms with Gasteiger partial charge < -0.3 is 15.3 Å². The summed E-state index contributed by atoms with van der Waals surface area (Å²) in [6, 6.07) is 4.21. The van der Waals surface area contributed by atoms with Crippen LogP contribution in [0.25, 0.3) is 0 Å². The number of alkyl halides is 1. The third kappa shape index (κ3) is 2.51. The Balaban J connectivity index is 2.91. The van der Waals surface area contributed by atoms with Crippen LogP contribution >= 0.6 is 23.2 Å². The van der Waals surface area contributed by atoms with Gasteiger partial charge in [0.25, 0.3) is 0 Å². The topological polar surface area (TPSA) is 60.7 Å². The van der Waals surface area contributed by atoms with Crippen LogP contribution < -0.4 is 0 Å². The summed E-state index contributed by atoms with van der Waals surface area (Å²) in [4.78, 5) is 0. The van der Waals surface area contributed by atoms with Crippen molar-refractivity contribution in [1.82, 2.24) is 0 Å². The van der Waals surface area contributed by atoms with Crippen molar-refractivity contribution in [2.45, 2.75) is 12.2 Å². The summed E-state index contributed by atoms with van der Waals surface area (Å²) in [5.41, 5.74) is 0.418. The Hall–Kier alpha value is -0.480. The molecular formula is C9H10Cl2O3. The minimum atomic E-state index is -1.09. The lowest BCUT2D eigenvalue weighted by Gasteiger charge is -2.15. The van der Waals surface area contributed by atoms with Gasteiger partial charge in [-0.15, -0.1) is 11.6 Å². The first-order valence-corrected chi connectivity index (χ1v) is 4.88. The summed E-state index contributed by atoms with van der Waals surface area (Å²) in [6.07, 6.45) is -2.14. The molecule has 0 heterocycles. The lowest BCUT2D eigenvalue weighted by atomic mass is 10.1. The molecule has 0 amide bonds. The molecule has 0 aromatic heterocycles. The van der Waals surface area contributed by atoms with E-state index in [2.05, 4.69) is 0 Å². The highest BCUT2D eigenvalue weighted by molar-refractivity contribution is 6.32. The zero-order valence-corrected chi connectivity index (χ0v) is 8.70. The van der Waals surface area contributed by atoms with Gasteiger partial charge in [0.1, 0.15) is 11.9 Å². The van der Waals surface area contributed by atoms with E-state index in [4.69, 9.17) is 28.3 Å². The van der Waals surface area contributed by atoms with E-state index >= 15 is 0 Å². The van der Waals surface area contributed by atoms with E-state index in [1.165, 1.54) is 18.2 Å². The molecule has 2 unspecified atom stereocenters. The predicted octanol–water partition coefficient (Wildman–Crippen LogP) is 1.68. The Kier molecular flexibility index (Phi) is 4.01. The summed E-state index contributed by atoms with van der Waals surface area (Å²) in [5, 5.41) is 28.0. The highest BCUT2D eigenvalue weighted by Gasteiger charge is 2.17. The number of aromatic hydroxyl groups is 1. The fraction of sp³-hybridized carbons (Fsp3) is 0.333. The van der Waals surface area contributed by atoms with Crippen LogP contribution in [0.1, 0.15) is 11.7 Å². The maximum absolute atomic E-state index is 9.53. The van der Waals surface area contributed by atoms with Gasteiger partial charge in [0.15, 0.2) is 0 Å². The Morgan fingerprint density at radius 1 is 1.29 bits per heavy atom. The van der Waals surface area contributed by atoms with Gasteiger partial charge in [-0.3, -0.25) is 0 Å². The molecule has 0 aliphatic carbocycles. The van der Waals surface area contributed by atoms with E-state index in [1.54, 1.807) is 0 Å². The Labute approximate surface area is 91.5 Å². The van der Waals surface area contributed by atoms with E-state index in [-0.39, 0.29) is 16.7 Å². The molecule has 5 heteroatoms. The zero-order valence-electron chi connectivity index (χ0n) is 7.19. The molecular weight excluding hydrogens is 227 g/mol. The maximum Gasteiger partial charge on any atom is 0.134 e. The molecule has 3 nitrogen and oxygen atoms in total. The normalized spacial score (nSPS) is 15.1. The molecule has 0 aliphatic rings. The quantitative estimate of drug-likeness (QED) is 0.701. The Bertz CT molecular complexity index is 317. The summed E-state index contributed by atoms with van der Waals surface area (Å²) < 4.78 is 0. The number of hydrogen-bond donors (Lipinski definition) is 3. The van der Waals surface area contributed by atoms with E-state index in [1.807, 2.05) is 0 Å². The van der Waals surface area contributed by atoms with Gasteiger partial charge in [0.05, 0.1) is 17.0 Å². The lowest BCUT2D eigenvalue weighted by molar-refractivity contribution is 0.0327. The zero-order chi connectivity index (χ0) is 10.7. The van der Waals surface area contributed by atoms with Gasteiger partial charge in [-0.2, -0.15) is 0 Å². The van der Waals surface area contributed by atoms with E-state index in [0.29, 0.717) is 5.56 Å². The van der Waals surface area contributed by atoms with E-state index in [0.717, 1.165) is 0 Å². The van der Waals surface area contributed by atoms with Crippen molar-refractivity contribution in [3.63, 3.8) is 0 Å². The van der Waals surface area contributed by atoms with Crippen LogP contribution in [0.3, 0.4) is 0 Å². The van der Waals surface area contributed by atoms with E-state index in [9.17, 15) is 10.2 Å². The Morgan fingerprint density at radius 3 is 2.43 bits per heavy atom. The van der Waals surface area contributed by atoms with Crippen LogP contribution in [-0.2, 0) is 0 Å². The highest BCUT2D eigenvalue weighted by Crippen LogP contribution is 2.27. The van der Waals surface area contributed by atoms with Crippen molar-refractivity contribution in [2.75, 3.05) is 5.88 Å². The fourth-order valence-corrected chi connectivity index (χ4v) is 1.37. The van der Waals surface area contributed by atoms with Gasteiger partial charge in [-0.1, -0.05) is 17.7 Å². The average molecular weight is 237 g/mol. The molecule has 1 aromatic carbocycles. The van der Waals surface area contributed by atoms with Crippen LogP contribution in [0.4, 0.5) is 0 Å². The van der Waals surface area contributed by atoms with Gasteiger partial charge in [0, 0.05) is 0 Å². The number of phenolic OH excluding ortho intramolecular Hbond substituents is 1. The molecule has 3 N–H and O–H groups in total. The molecule has 78 valence electrons. The van der Waals surface area contributed by atoms with Gasteiger partial charge in [-0.05, 0) is 17.7 Å². The second-order valence-electron chi connectivity index (χ2n) is 2.88. The largest absolute Gasteiger partial charge is 0.506 e. The number of rotatable bonds is 3. The summed E-state index contributed by atoms with van der Waals surface area (Å²) in [7, 11) is 0. The first-order chi connectivity index (χ1) is 6.56. The molecule has 0 saturated heterocycles. The van der Waals surface area contributed by atoms with E-state index < -0.39 is 12.2 Å². The number of hydrogen-bond acceptors (Lipinski definition) is 3. The molecule has 1 aromatic rings. The van der Waals surface area contributed by atoms with Crippen molar-refractivity contribution in [3.8, 4) is 5.75 Å². The molecule has 0 spiro atoms. The molecule has 0 aliphatic heterocycles. The SMILES string of the molecule is Oc1ccc(C(O)C(O)CCl)cc1Cl. The third-order valence-electron chi connectivity index (χ3n) is 1.84. The number of halogens is 2. The summed E-state index contributed by atoms with van der Waals surface area (Å²) in [6.45, 7) is 0. The summed E-state index contributed by atoms with van der Waals surface area (Å²) >= 11 is 11.0. The second-order valence-corrected chi connectivity index (χ2v) is 3.59. The molecule has 0 radical (unpaired) electrons. The van der Waals surface area contributed by atoms with Crippen molar-refractivity contribution in [2.24, 2.45) is 0 Å². The average Bonchev–Trinajstić information content (AvgIpc) is 2.20. The molecule has 14 heavy (non-hydrogen) atoms. The minimum Gasteiger partial charge on any atom is -0.506 e. The fourth-order valence-electron chi connectivity index (χ4n) is 1.01. The molecule has 0 fully saturated rings. The Morgan fingerprint density at radius 2 is 1.93 bits per heavy atom. The molecule has 1 rings (SSSR count). The van der Waals surface area contributed by atoms with Gasteiger partial charge in [0.2, 0.25) is 0 Å². The maximum atomic E-state index is 9.53.